The molecule has 1 amide bonds. The Morgan fingerprint density at radius 2 is 2.23 bits per heavy atom. The molecule has 2 aliphatic heterocycles. The van der Waals surface area contributed by atoms with E-state index in [9.17, 15) is 4.79 Å². The van der Waals surface area contributed by atoms with Crippen LogP contribution < -0.4 is 5.32 Å². The lowest BCUT2D eigenvalue weighted by atomic mass is 10.1. The highest BCUT2D eigenvalue weighted by molar-refractivity contribution is 5.77. The number of carbonyl (C=O) groups excluding carboxylic acids is 1. The molecule has 0 aromatic carbocycles. The van der Waals surface area contributed by atoms with Crippen molar-refractivity contribution in [3.05, 3.63) is 0 Å². The van der Waals surface area contributed by atoms with Gasteiger partial charge in [-0.25, -0.2) is 0 Å². The number of nitrogens with one attached hydrogen (secondary N) is 1. The average molecular weight is 313 g/mol. The smallest absolute Gasteiger partial charge is 0.224 e. The molecule has 0 aromatic heterocycles. The van der Waals surface area contributed by atoms with Crippen LogP contribution in [0.15, 0.2) is 0 Å². The summed E-state index contributed by atoms with van der Waals surface area (Å²) in [6.07, 6.45) is 1.62. The SMILES string of the molecule is CCOCCN1CCN(C(=O)CC2COCCN2)CC1CC. The van der Waals surface area contributed by atoms with Gasteiger partial charge in [-0.1, -0.05) is 6.92 Å². The van der Waals surface area contributed by atoms with E-state index < -0.39 is 0 Å². The van der Waals surface area contributed by atoms with Crippen molar-refractivity contribution in [2.24, 2.45) is 0 Å². The molecule has 2 fully saturated rings. The molecule has 2 aliphatic rings. The van der Waals surface area contributed by atoms with Crippen molar-refractivity contribution in [1.29, 1.82) is 0 Å². The third kappa shape index (κ3) is 5.19. The van der Waals surface area contributed by atoms with E-state index in [1.807, 2.05) is 11.8 Å². The lowest BCUT2D eigenvalue weighted by molar-refractivity contribution is -0.135. The molecule has 6 nitrogen and oxygen atoms in total. The van der Waals surface area contributed by atoms with Gasteiger partial charge in [-0.15, -0.1) is 0 Å². The van der Waals surface area contributed by atoms with E-state index in [0.29, 0.717) is 19.1 Å². The summed E-state index contributed by atoms with van der Waals surface area (Å²) in [7, 11) is 0. The number of morpholine rings is 1. The maximum Gasteiger partial charge on any atom is 0.224 e. The lowest BCUT2D eigenvalue weighted by Crippen LogP contribution is -2.56. The first kappa shape index (κ1) is 17.7. The van der Waals surface area contributed by atoms with Crippen molar-refractivity contribution < 1.29 is 14.3 Å². The second-order valence-corrected chi connectivity index (χ2v) is 6.06. The van der Waals surface area contributed by atoms with Crippen LogP contribution in [0.3, 0.4) is 0 Å². The number of carbonyl (C=O) groups is 1. The van der Waals surface area contributed by atoms with Gasteiger partial charge in [0.1, 0.15) is 0 Å². The lowest BCUT2D eigenvalue weighted by Gasteiger charge is -2.41. The molecular formula is C16H31N3O3. The predicted octanol–water partition coefficient (Wildman–Crippen LogP) is 0.324. The molecule has 6 heteroatoms. The summed E-state index contributed by atoms with van der Waals surface area (Å²) < 4.78 is 10.9. The molecule has 2 heterocycles. The van der Waals surface area contributed by atoms with Gasteiger partial charge in [0.05, 0.1) is 19.8 Å². The highest BCUT2D eigenvalue weighted by Crippen LogP contribution is 2.14. The zero-order valence-corrected chi connectivity index (χ0v) is 14.1. The van der Waals surface area contributed by atoms with Crippen LogP contribution in [-0.4, -0.2) is 86.9 Å². The molecule has 0 spiro atoms. The van der Waals surface area contributed by atoms with Gasteiger partial charge in [0, 0.05) is 57.8 Å². The van der Waals surface area contributed by atoms with Crippen LogP contribution >= 0.6 is 0 Å². The zero-order valence-electron chi connectivity index (χ0n) is 14.1. The standard InChI is InChI=1S/C16H31N3O3/c1-3-15-12-19(7-6-18(15)8-10-21-4-2)16(20)11-14-13-22-9-5-17-14/h14-15,17H,3-13H2,1-2H3. The molecule has 2 saturated heterocycles. The highest BCUT2D eigenvalue weighted by atomic mass is 16.5. The van der Waals surface area contributed by atoms with Crippen molar-refractivity contribution in [2.75, 3.05) is 59.2 Å². The van der Waals surface area contributed by atoms with Gasteiger partial charge in [-0.2, -0.15) is 0 Å². The summed E-state index contributed by atoms with van der Waals surface area (Å²) in [4.78, 5) is 17.0. The Labute approximate surface area is 134 Å². The van der Waals surface area contributed by atoms with E-state index in [2.05, 4.69) is 17.1 Å². The highest BCUT2D eigenvalue weighted by Gasteiger charge is 2.29. The van der Waals surface area contributed by atoms with Crippen molar-refractivity contribution in [3.63, 3.8) is 0 Å². The first-order valence-corrected chi connectivity index (χ1v) is 8.65. The minimum absolute atomic E-state index is 0.178. The van der Waals surface area contributed by atoms with Gasteiger partial charge >= 0.3 is 0 Å². The molecule has 128 valence electrons. The molecule has 2 atom stereocenters. The number of piperazine rings is 1. The third-order valence-electron chi connectivity index (χ3n) is 4.58. The second kappa shape index (κ2) is 9.45. The van der Waals surface area contributed by atoms with E-state index in [1.54, 1.807) is 0 Å². The molecule has 0 aliphatic carbocycles. The van der Waals surface area contributed by atoms with Crippen LogP contribution in [0, 0.1) is 0 Å². The zero-order chi connectivity index (χ0) is 15.8. The van der Waals surface area contributed by atoms with Crippen molar-refractivity contribution >= 4 is 5.91 Å². The molecular weight excluding hydrogens is 282 g/mol. The first-order chi connectivity index (χ1) is 10.7. The number of ether oxygens (including phenoxy) is 2. The molecule has 0 radical (unpaired) electrons. The van der Waals surface area contributed by atoms with E-state index in [4.69, 9.17) is 9.47 Å². The molecule has 1 N–H and O–H groups in total. The quantitative estimate of drug-likeness (QED) is 0.686. The molecule has 22 heavy (non-hydrogen) atoms. The number of nitrogens with zero attached hydrogens (tertiary/aromatic N) is 2. The van der Waals surface area contributed by atoms with Crippen LogP contribution in [0.25, 0.3) is 0 Å². The van der Waals surface area contributed by atoms with Gasteiger partial charge in [0.15, 0.2) is 0 Å². The van der Waals surface area contributed by atoms with Gasteiger partial charge < -0.3 is 19.7 Å². The first-order valence-electron chi connectivity index (χ1n) is 8.65. The second-order valence-electron chi connectivity index (χ2n) is 6.06. The Kier molecular flexibility index (Phi) is 7.59. The van der Waals surface area contributed by atoms with Crippen LogP contribution in [0.5, 0.6) is 0 Å². The maximum atomic E-state index is 12.5. The van der Waals surface area contributed by atoms with E-state index in [0.717, 1.165) is 59.0 Å². The molecule has 2 rings (SSSR count). The fraction of sp³-hybridized carbons (Fsp3) is 0.938. The van der Waals surface area contributed by atoms with Crippen molar-refractivity contribution in [3.8, 4) is 0 Å². The largest absolute Gasteiger partial charge is 0.380 e. The normalized spacial score (nSPS) is 27.1. The van der Waals surface area contributed by atoms with Gasteiger partial charge in [-0.05, 0) is 13.3 Å². The minimum atomic E-state index is 0.178. The fourth-order valence-corrected chi connectivity index (χ4v) is 3.22. The summed E-state index contributed by atoms with van der Waals surface area (Å²) in [6.45, 7) is 11.6. The third-order valence-corrected chi connectivity index (χ3v) is 4.58. The number of rotatable bonds is 7. The van der Waals surface area contributed by atoms with Crippen LogP contribution in [0.2, 0.25) is 0 Å². The van der Waals surface area contributed by atoms with Gasteiger partial charge in [-0.3, -0.25) is 9.69 Å². The number of amides is 1. The fourth-order valence-electron chi connectivity index (χ4n) is 3.22. The van der Waals surface area contributed by atoms with Crippen LogP contribution in [0.4, 0.5) is 0 Å². The van der Waals surface area contributed by atoms with Gasteiger partial charge in [0.2, 0.25) is 5.91 Å². The summed E-state index contributed by atoms with van der Waals surface area (Å²) in [6, 6.07) is 0.631. The Bertz CT molecular complexity index is 335. The molecule has 0 saturated carbocycles. The molecule has 2 unspecified atom stereocenters. The van der Waals surface area contributed by atoms with E-state index in [-0.39, 0.29) is 11.9 Å². The maximum absolute atomic E-state index is 12.5. The minimum Gasteiger partial charge on any atom is -0.380 e. The Morgan fingerprint density at radius 3 is 2.91 bits per heavy atom. The van der Waals surface area contributed by atoms with Crippen LogP contribution in [-0.2, 0) is 14.3 Å². The average Bonchev–Trinajstić information content (AvgIpc) is 2.56. The van der Waals surface area contributed by atoms with E-state index in [1.165, 1.54) is 0 Å². The monoisotopic (exact) mass is 313 g/mol. The van der Waals surface area contributed by atoms with Crippen LogP contribution in [0.1, 0.15) is 26.7 Å². The summed E-state index contributed by atoms with van der Waals surface area (Å²) >= 11 is 0. The van der Waals surface area contributed by atoms with E-state index >= 15 is 0 Å². The predicted molar refractivity (Wildman–Crippen MR) is 86.0 cm³/mol. The number of hydrogen-bond acceptors (Lipinski definition) is 5. The summed E-state index contributed by atoms with van der Waals surface area (Å²) in [5.41, 5.74) is 0. The van der Waals surface area contributed by atoms with Gasteiger partial charge in [0.25, 0.3) is 0 Å². The molecule has 0 bridgehead atoms. The van der Waals surface area contributed by atoms with Crippen molar-refractivity contribution in [1.82, 2.24) is 15.1 Å². The Morgan fingerprint density at radius 1 is 1.36 bits per heavy atom. The summed E-state index contributed by atoms with van der Waals surface area (Å²) in [5.74, 6) is 0.255. The van der Waals surface area contributed by atoms with Crippen molar-refractivity contribution in [2.45, 2.75) is 38.8 Å². The number of hydrogen-bond donors (Lipinski definition) is 1. The Hall–Kier alpha value is -0.690. The Balaban J connectivity index is 1.77. The molecule has 0 aromatic rings. The summed E-state index contributed by atoms with van der Waals surface area (Å²) in [5, 5.41) is 3.36. The topological polar surface area (TPSA) is 54.0 Å².